The average Bonchev–Trinajstić information content (AvgIpc) is 2.55. The molecule has 0 unspecified atom stereocenters. The van der Waals surface area contributed by atoms with Gasteiger partial charge in [0.2, 0.25) is 11.8 Å². The first-order valence-corrected chi connectivity index (χ1v) is 6.72. The summed E-state index contributed by atoms with van der Waals surface area (Å²) < 4.78 is 27.4. The van der Waals surface area contributed by atoms with Crippen LogP contribution in [0.3, 0.4) is 0 Å². The number of carbonyl (C=O) groups is 1. The third kappa shape index (κ3) is 1.67. The molecule has 96 valence electrons. The molecule has 2 aliphatic rings. The molecule has 5 heteroatoms. The molecule has 0 bridgehead atoms. The van der Waals surface area contributed by atoms with Gasteiger partial charge in [-0.3, -0.25) is 4.79 Å². The number of halogens is 3. The third-order valence-electron chi connectivity index (χ3n) is 4.02. The van der Waals surface area contributed by atoms with Crippen LogP contribution in [0.1, 0.15) is 31.2 Å². The van der Waals surface area contributed by atoms with Gasteiger partial charge >= 0.3 is 0 Å². The van der Waals surface area contributed by atoms with Crippen LogP contribution in [0.5, 0.6) is 0 Å². The second kappa shape index (κ2) is 3.76. The van der Waals surface area contributed by atoms with Gasteiger partial charge in [-0.1, -0.05) is 22.0 Å². The fourth-order valence-corrected chi connectivity index (χ4v) is 3.30. The summed E-state index contributed by atoms with van der Waals surface area (Å²) in [5.74, 6) is -2.75. The summed E-state index contributed by atoms with van der Waals surface area (Å²) in [4.78, 5) is 12.2. The molecule has 1 saturated carbocycles. The van der Waals surface area contributed by atoms with Crippen molar-refractivity contribution in [3.8, 4) is 0 Å². The van der Waals surface area contributed by atoms with Crippen molar-refractivity contribution in [2.75, 3.05) is 5.32 Å². The molecule has 1 spiro atoms. The molecule has 1 amide bonds. The molecular formula is C13H12BrF2NO. The Bertz CT molecular complexity index is 520. The van der Waals surface area contributed by atoms with E-state index in [4.69, 9.17) is 0 Å². The maximum Gasteiger partial charge on any atom is 0.248 e. The van der Waals surface area contributed by atoms with Crippen LogP contribution in [-0.2, 0) is 10.2 Å². The van der Waals surface area contributed by atoms with Crippen molar-refractivity contribution in [1.82, 2.24) is 0 Å². The van der Waals surface area contributed by atoms with Crippen LogP contribution in [0.4, 0.5) is 14.5 Å². The molecule has 3 rings (SSSR count). The van der Waals surface area contributed by atoms with Crippen molar-refractivity contribution in [1.29, 1.82) is 0 Å². The van der Waals surface area contributed by atoms with Crippen LogP contribution in [0.25, 0.3) is 0 Å². The molecule has 1 fully saturated rings. The van der Waals surface area contributed by atoms with Crippen LogP contribution in [0.2, 0.25) is 0 Å². The summed E-state index contributed by atoms with van der Waals surface area (Å²) in [6.45, 7) is 0. The van der Waals surface area contributed by atoms with Gasteiger partial charge in [0.05, 0.1) is 5.41 Å². The number of anilines is 1. The minimum atomic E-state index is -2.62. The Morgan fingerprint density at radius 3 is 2.50 bits per heavy atom. The Balaban J connectivity index is 2.02. The van der Waals surface area contributed by atoms with E-state index in [1.807, 2.05) is 18.2 Å². The number of fused-ring (bicyclic) bond motifs is 2. The second-order valence-electron chi connectivity index (χ2n) is 5.08. The highest BCUT2D eigenvalue weighted by molar-refractivity contribution is 9.10. The minimum Gasteiger partial charge on any atom is -0.325 e. The van der Waals surface area contributed by atoms with Gasteiger partial charge in [0.1, 0.15) is 0 Å². The highest BCUT2D eigenvalue weighted by Crippen LogP contribution is 2.51. The molecule has 0 radical (unpaired) electrons. The predicted octanol–water partition coefficient (Wildman–Crippen LogP) is 3.85. The predicted molar refractivity (Wildman–Crippen MR) is 67.9 cm³/mol. The number of rotatable bonds is 0. The zero-order valence-electron chi connectivity index (χ0n) is 9.60. The molecule has 1 heterocycles. The Morgan fingerprint density at radius 2 is 1.83 bits per heavy atom. The van der Waals surface area contributed by atoms with E-state index in [0.717, 1.165) is 15.7 Å². The lowest BCUT2D eigenvalue weighted by atomic mass is 9.69. The number of amides is 1. The summed E-state index contributed by atoms with van der Waals surface area (Å²) in [6, 6.07) is 5.54. The van der Waals surface area contributed by atoms with Crippen molar-refractivity contribution >= 4 is 27.5 Å². The number of hydrogen-bond acceptors (Lipinski definition) is 1. The molecule has 1 aromatic rings. The van der Waals surface area contributed by atoms with E-state index < -0.39 is 11.3 Å². The van der Waals surface area contributed by atoms with Gasteiger partial charge in [-0.2, -0.15) is 0 Å². The van der Waals surface area contributed by atoms with Gasteiger partial charge in [0.15, 0.2) is 0 Å². The van der Waals surface area contributed by atoms with E-state index in [1.165, 1.54) is 0 Å². The van der Waals surface area contributed by atoms with Crippen LogP contribution >= 0.6 is 15.9 Å². The lowest BCUT2D eigenvalue weighted by Crippen LogP contribution is -2.41. The van der Waals surface area contributed by atoms with Gasteiger partial charge in [-0.25, -0.2) is 8.78 Å². The number of hydrogen-bond donors (Lipinski definition) is 1. The molecule has 1 aliphatic carbocycles. The van der Waals surface area contributed by atoms with Gasteiger partial charge in [-0.15, -0.1) is 0 Å². The summed E-state index contributed by atoms with van der Waals surface area (Å²) in [5.41, 5.74) is 0.878. The topological polar surface area (TPSA) is 29.1 Å². The highest BCUT2D eigenvalue weighted by atomic mass is 79.9. The Morgan fingerprint density at radius 1 is 1.17 bits per heavy atom. The molecular weight excluding hydrogens is 304 g/mol. The zero-order valence-corrected chi connectivity index (χ0v) is 11.2. The second-order valence-corrected chi connectivity index (χ2v) is 6.00. The van der Waals surface area contributed by atoms with Crippen molar-refractivity contribution in [3.05, 3.63) is 28.2 Å². The quantitative estimate of drug-likeness (QED) is 0.774. The number of carbonyl (C=O) groups excluding carboxylic acids is 1. The van der Waals surface area contributed by atoms with E-state index >= 15 is 0 Å². The average molecular weight is 316 g/mol. The maximum atomic E-state index is 13.3. The van der Waals surface area contributed by atoms with Gasteiger partial charge < -0.3 is 5.32 Å². The summed E-state index contributed by atoms with van der Waals surface area (Å²) in [7, 11) is 0. The first-order chi connectivity index (χ1) is 8.43. The van der Waals surface area contributed by atoms with E-state index in [9.17, 15) is 13.6 Å². The first-order valence-electron chi connectivity index (χ1n) is 5.92. The van der Waals surface area contributed by atoms with Crippen LogP contribution < -0.4 is 5.32 Å². The number of nitrogens with one attached hydrogen (secondary N) is 1. The summed E-state index contributed by atoms with van der Waals surface area (Å²) in [6.07, 6.45) is 0.0206. The summed E-state index contributed by atoms with van der Waals surface area (Å²) in [5, 5.41) is 2.81. The van der Waals surface area contributed by atoms with Crippen molar-refractivity contribution in [3.63, 3.8) is 0 Å². The zero-order chi connectivity index (χ0) is 13.0. The standard InChI is InChI=1S/C13H12BrF2NO/c14-8-1-2-9-10(7-8)17-11(18)12(9)3-5-13(15,16)6-4-12/h1-2,7H,3-6H2,(H,17,18). The minimum absolute atomic E-state index is 0.133. The molecule has 1 N–H and O–H groups in total. The first kappa shape index (κ1) is 12.1. The van der Waals surface area contributed by atoms with Crippen molar-refractivity contribution < 1.29 is 13.6 Å². The lowest BCUT2D eigenvalue weighted by Gasteiger charge is -2.35. The van der Waals surface area contributed by atoms with Crippen LogP contribution in [-0.4, -0.2) is 11.8 Å². The van der Waals surface area contributed by atoms with Crippen molar-refractivity contribution in [2.45, 2.75) is 37.0 Å². The molecule has 1 aromatic carbocycles. The van der Waals surface area contributed by atoms with Crippen molar-refractivity contribution in [2.24, 2.45) is 0 Å². The normalized spacial score (nSPS) is 23.8. The molecule has 1 aliphatic heterocycles. The molecule has 18 heavy (non-hydrogen) atoms. The monoisotopic (exact) mass is 315 g/mol. The third-order valence-corrected chi connectivity index (χ3v) is 4.51. The highest BCUT2D eigenvalue weighted by Gasteiger charge is 2.52. The molecule has 0 aromatic heterocycles. The molecule has 0 saturated heterocycles. The number of benzene rings is 1. The van der Waals surface area contributed by atoms with Gasteiger partial charge in [0.25, 0.3) is 0 Å². The lowest BCUT2D eigenvalue weighted by molar-refractivity contribution is -0.125. The van der Waals surface area contributed by atoms with Crippen LogP contribution in [0, 0.1) is 0 Å². The summed E-state index contributed by atoms with van der Waals surface area (Å²) >= 11 is 3.34. The van der Waals surface area contributed by atoms with Gasteiger partial charge in [0, 0.05) is 23.0 Å². The molecule has 2 nitrogen and oxygen atoms in total. The SMILES string of the molecule is O=C1Nc2cc(Br)ccc2C12CCC(F)(F)CC2. The van der Waals surface area contributed by atoms with Gasteiger partial charge in [-0.05, 0) is 30.5 Å². The van der Waals surface area contributed by atoms with E-state index in [-0.39, 0.29) is 31.6 Å². The maximum absolute atomic E-state index is 13.3. The Labute approximate surface area is 112 Å². The van der Waals surface area contributed by atoms with E-state index in [1.54, 1.807) is 0 Å². The fourth-order valence-electron chi connectivity index (χ4n) is 2.94. The number of alkyl halides is 2. The molecule has 0 atom stereocenters. The van der Waals surface area contributed by atoms with Crippen LogP contribution in [0.15, 0.2) is 22.7 Å². The fraction of sp³-hybridized carbons (Fsp3) is 0.462. The van der Waals surface area contributed by atoms with E-state index in [2.05, 4.69) is 21.2 Å². The smallest absolute Gasteiger partial charge is 0.248 e. The largest absolute Gasteiger partial charge is 0.325 e. The Kier molecular flexibility index (Phi) is 2.52. The Hall–Kier alpha value is -0.970. The van der Waals surface area contributed by atoms with E-state index in [0.29, 0.717) is 0 Å².